The van der Waals surface area contributed by atoms with Crippen molar-refractivity contribution in [2.24, 2.45) is 7.05 Å². The highest BCUT2D eigenvalue weighted by Gasteiger charge is 2.23. The number of anilines is 1. The van der Waals surface area contributed by atoms with Crippen LogP contribution in [-0.4, -0.2) is 29.9 Å². The second kappa shape index (κ2) is 8.12. The first kappa shape index (κ1) is 20.1. The second-order valence-corrected chi connectivity index (χ2v) is 8.46. The van der Waals surface area contributed by atoms with Crippen LogP contribution >= 0.6 is 0 Å². The van der Waals surface area contributed by atoms with Crippen molar-refractivity contribution in [3.8, 4) is 11.1 Å². The van der Waals surface area contributed by atoms with Crippen LogP contribution in [-0.2, 0) is 13.5 Å². The molecule has 0 radical (unpaired) electrons. The fourth-order valence-corrected chi connectivity index (χ4v) is 4.65. The molecule has 3 N–H and O–H groups in total. The van der Waals surface area contributed by atoms with E-state index in [0.717, 1.165) is 33.5 Å². The molecule has 0 bridgehead atoms. The largest absolute Gasteiger partial charge is 0.384 e. The molecule has 0 aliphatic rings. The summed E-state index contributed by atoms with van der Waals surface area (Å²) < 4.78 is 2.18. The molecule has 0 aliphatic heterocycles. The van der Waals surface area contributed by atoms with Gasteiger partial charge in [-0.2, -0.15) is 10.3 Å². The summed E-state index contributed by atoms with van der Waals surface area (Å²) in [4.78, 5) is 9.32. The Kier molecular flexibility index (Phi) is 4.80. The molecule has 3 aromatic heterocycles. The topological polar surface area (TPSA) is 98.3 Å². The van der Waals surface area contributed by atoms with Gasteiger partial charge in [-0.05, 0) is 40.5 Å². The Labute approximate surface area is 196 Å². The fourth-order valence-electron chi connectivity index (χ4n) is 4.65. The Bertz CT molecular complexity index is 1600. The lowest BCUT2D eigenvalue weighted by atomic mass is 9.88. The third-order valence-electron chi connectivity index (χ3n) is 6.39. The number of fused-ring (bicyclic) bond motifs is 2. The summed E-state index contributed by atoms with van der Waals surface area (Å²) in [5, 5.41) is 11.2. The van der Waals surface area contributed by atoms with Gasteiger partial charge in [-0.25, -0.2) is 9.97 Å². The zero-order chi connectivity index (χ0) is 23.1. The number of rotatable bonds is 5. The number of nitrogens with one attached hydrogen (secondary N) is 1. The number of pyridine rings is 1. The summed E-state index contributed by atoms with van der Waals surface area (Å²) >= 11 is 0. The molecule has 0 saturated heterocycles. The minimum absolute atomic E-state index is 0.0109. The molecule has 0 aliphatic carbocycles. The van der Waals surface area contributed by atoms with Crippen LogP contribution in [0.2, 0.25) is 0 Å². The number of imidazole rings is 1. The smallest absolute Gasteiger partial charge is 0.203 e. The lowest BCUT2D eigenvalue weighted by Gasteiger charge is -2.18. The molecule has 6 aromatic rings. The van der Waals surface area contributed by atoms with Crippen LogP contribution in [0.1, 0.15) is 22.9 Å². The van der Waals surface area contributed by atoms with Crippen LogP contribution in [0.15, 0.2) is 84.9 Å². The second-order valence-electron chi connectivity index (χ2n) is 8.46. The van der Waals surface area contributed by atoms with E-state index in [9.17, 15) is 0 Å². The van der Waals surface area contributed by atoms with Gasteiger partial charge in [-0.1, -0.05) is 66.7 Å². The minimum atomic E-state index is -0.0109. The highest BCUT2D eigenvalue weighted by Crippen LogP contribution is 2.34. The molecular weight excluding hydrogens is 422 g/mol. The molecule has 3 heterocycles. The summed E-state index contributed by atoms with van der Waals surface area (Å²) in [6.45, 7) is 0. The van der Waals surface area contributed by atoms with Crippen molar-refractivity contribution < 1.29 is 0 Å². The van der Waals surface area contributed by atoms with Crippen molar-refractivity contribution in [3.63, 3.8) is 0 Å². The van der Waals surface area contributed by atoms with E-state index in [2.05, 4.69) is 86.6 Å². The van der Waals surface area contributed by atoms with Gasteiger partial charge in [0.05, 0.1) is 11.0 Å². The normalized spacial score (nSPS) is 12.4. The average Bonchev–Trinajstić information content (AvgIpc) is 3.47. The maximum absolute atomic E-state index is 6.14. The summed E-state index contributed by atoms with van der Waals surface area (Å²) in [5.41, 5.74) is 14.0. The van der Waals surface area contributed by atoms with Gasteiger partial charge in [0.2, 0.25) is 5.65 Å². The quantitative estimate of drug-likeness (QED) is 0.395. The van der Waals surface area contributed by atoms with E-state index < -0.39 is 0 Å². The van der Waals surface area contributed by atoms with E-state index in [-0.39, 0.29) is 5.92 Å². The monoisotopic (exact) mass is 445 g/mol. The first-order valence-corrected chi connectivity index (χ1v) is 11.2. The van der Waals surface area contributed by atoms with E-state index >= 15 is 0 Å². The minimum Gasteiger partial charge on any atom is -0.384 e. The van der Waals surface area contributed by atoms with E-state index in [0.29, 0.717) is 17.9 Å². The van der Waals surface area contributed by atoms with Crippen LogP contribution in [0.4, 0.5) is 5.82 Å². The van der Waals surface area contributed by atoms with Gasteiger partial charge in [0, 0.05) is 19.4 Å². The van der Waals surface area contributed by atoms with Gasteiger partial charge < -0.3 is 10.3 Å². The fraction of sp³-hybridized carbons (Fsp3) is 0.111. The Hall–Kier alpha value is -4.52. The molecule has 1 atom stereocenters. The molecule has 34 heavy (non-hydrogen) atoms. The van der Waals surface area contributed by atoms with Crippen LogP contribution in [0, 0.1) is 0 Å². The number of hydrogen-bond acceptors (Lipinski definition) is 5. The van der Waals surface area contributed by atoms with Crippen molar-refractivity contribution >= 4 is 28.0 Å². The molecule has 0 spiro atoms. The van der Waals surface area contributed by atoms with Gasteiger partial charge >= 0.3 is 0 Å². The molecular formula is C27H23N7. The van der Waals surface area contributed by atoms with Gasteiger partial charge in [0.1, 0.15) is 17.2 Å². The van der Waals surface area contributed by atoms with Crippen molar-refractivity contribution in [2.45, 2.75) is 12.3 Å². The summed E-state index contributed by atoms with van der Waals surface area (Å²) in [6.07, 6.45) is 0.682. The number of H-pyrrole nitrogens is 1. The van der Waals surface area contributed by atoms with E-state index in [1.54, 1.807) is 0 Å². The van der Waals surface area contributed by atoms with Crippen molar-refractivity contribution in [3.05, 3.63) is 102 Å². The van der Waals surface area contributed by atoms with Gasteiger partial charge in [0.15, 0.2) is 0 Å². The Morgan fingerprint density at radius 1 is 0.853 bits per heavy atom. The predicted octanol–water partition coefficient (Wildman–Crippen LogP) is 4.86. The van der Waals surface area contributed by atoms with E-state index in [4.69, 9.17) is 10.7 Å². The molecule has 0 fully saturated rings. The summed E-state index contributed by atoms with van der Waals surface area (Å²) in [6, 6.07) is 29.1. The van der Waals surface area contributed by atoms with Gasteiger partial charge in [-0.15, -0.1) is 5.10 Å². The van der Waals surface area contributed by atoms with E-state index in [1.807, 2.05) is 30.3 Å². The number of aromatic nitrogens is 6. The number of nitrogens with zero attached hydrogens (tertiary/aromatic N) is 5. The number of benzene rings is 3. The van der Waals surface area contributed by atoms with Crippen LogP contribution < -0.4 is 5.73 Å². The standard InChI is InChI=1S/C27H23N7/c1-34-23-14-19(17-8-4-2-5-9-17)12-13-22(23)29-25(34)16-20(18-10-6-3-7-11-18)21-15-24(28)30-27-26(21)31-33-32-27/h2-15,20H,16H2,1H3,(H3,28,30,31,32,33)/t20-/m1/s1. The van der Waals surface area contributed by atoms with Crippen LogP contribution in [0.25, 0.3) is 33.3 Å². The first-order chi connectivity index (χ1) is 16.7. The lowest BCUT2D eigenvalue weighted by molar-refractivity contribution is 0.720. The van der Waals surface area contributed by atoms with Crippen molar-refractivity contribution in [1.82, 2.24) is 29.9 Å². The molecule has 7 heteroatoms. The highest BCUT2D eigenvalue weighted by molar-refractivity contribution is 5.83. The first-order valence-electron chi connectivity index (χ1n) is 11.2. The van der Waals surface area contributed by atoms with Gasteiger partial charge in [0.25, 0.3) is 0 Å². The Balaban J connectivity index is 1.47. The molecule has 3 aromatic carbocycles. The Morgan fingerprint density at radius 3 is 2.41 bits per heavy atom. The molecule has 166 valence electrons. The SMILES string of the molecule is Cn1c(C[C@H](c2ccccc2)c2cc(N)nc3n[nH]nc23)nc2ccc(-c3ccccc3)cc21. The predicted molar refractivity (Wildman–Crippen MR) is 134 cm³/mol. The number of nitrogens with two attached hydrogens (primary N) is 1. The third-order valence-corrected chi connectivity index (χ3v) is 6.39. The number of nitrogen functional groups attached to an aromatic ring is 1. The van der Waals surface area contributed by atoms with Gasteiger partial charge in [-0.3, -0.25) is 0 Å². The Morgan fingerprint density at radius 2 is 1.62 bits per heavy atom. The zero-order valence-corrected chi connectivity index (χ0v) is 18.7. The molecule has 0 unspecified atom stereocenters. The number of hydrogen-bond donors (Lipinski definition) is 2. The lowest BCUT2D eigenvalue weighted by Crippen LogP contribution is -2.11. The molecule has 7 nitrogen and oxygen atoms in total. The maximum atomic E-state index is 6.14. The van der Waals surface area contributed by atoms with Crippen molar-refractivity contribution in [2.75, 3.05) is 5.73 Å². The molecule has 0 saturated carbocycles. The molecule has 0 amide bonds. The average molecular weight is 446 g/mol. The summed E-state index contributed by atoms with van der Waals surface area (Å²) in [5.74, 6) is 1.40. The van der Waals surface area contributed by atoms with Crippen molar-refractivity contribution in [1.29, 1.82) is 0 Å². The maximum Gasteiger partial charge on any atom is 0.203 e. The van der Waals surface area contributed by atoms with Crippen LogP contribution in [0.5, 0.6) is 0 Å². The summed E-state index contributed by atoms with van der Waals surface area (Å²) in [7, 11) is 2.08. The number of aryl methyl sites for hydroxylation is 1. The molecule has 6 rings (SSSR count). The third kappa shape index (κ3) is 3.47. The van der Waals surface area contributed by atoms with Crippen LogP contribution in [0.3, 0.4) is 0 Å². The van der Waals surface area contributed by atoms with E-state index in [1.165, 1.54) is 11.1 Å². The zero-order valence-electron chi connectivity index (χ0n) is 18.7. The number of aromatic amines is 1. The highest BCUT2D eigenvalue weighted by atomic mass is 15.3.